The number of hydrogen-bond acceptors (Lipinski definition) is 5. The van der Waals surface area contributed by atoms with Crippen molar-refractivity contribution in [3.05, 3.63) is 72.6 Å². The summed E-state index contributed by atoms with van der Waals surface area (Å²) < 4.78 is 7.67. The van der Waals surface area contributed by atoms with Gasteiger partial charge in [0.15, 0.2) is 0 Å². The number of rotatable bonds is 7. The van der Waals surface area contributed by atoms with Crippen LogP contribution >= 0.6 is 0 Å². The fraction of sp³-hybridized carbons (Fsp3) is 0.375. The van der Waals surface area contributed by atoms with Gasteiger partial charge in [-0.15, -0.1) is 5.10 Å². The highest BCUT2D eigenvalue weighted by atomic mass is 16.5. The third-order valence-corrected chi connectivity index (χ3v) is 6.37. The Labute approximate surface area is 182 Å². The zero-order valence-corrected chi connectivity index (χ0v) is 17.4. The first-order chi connectivity index (χ1) is 15.2. The largest absolute Gasteiger partial charge is 0.487 e. The molecule has 0 saturated carbocycles. The van der Waals surface area contributed by atoms with Crippen molar-refractivity contribution in [1.29, 1.82) is 0 Å². The Balaban J connectivity index is 1.15. The van der Waals surface area contributed by atoms with Crippen molar-refractivity contribution < 1.29 is 9.53 Å². The van der Waals surface area contributed by atoms with E-state index in [0.29, 0.717) is 18.6 Å². The van der Waals surface area contributed by atoms with E-state index in [0.717, 1.165) is 49.6 Å². The maximum Gasteiger partial charge on any atom is 0.229 e. The van der Waals surface area contributed by atoms with Crippen LogP contribution in [0.4, 0.5) is 5.69 Å². The number of amides is 1. The molecular formula is C24H27N5O2. The summed E-state index contributed by atoms with van der Waals surface area (Å²) in [5, 5.41) is 11.6. The van der Waals surface area contributed by atoms with Gasteiger partial charge in [-0.05, 0) is 49.6 Å². The van der Waals surface area contributed by atoms with E-state index in [4.69, 9.17) is 4.74 Å². The summed E-state index contributed by atoms with van der Waals surface area (Å²) in [4.78, 5) is 15.3. The Kier molecular flexibility index (Phi) is 5.67. The standard InChI is InChI=1S/C24H27N5O2/c30-24(25-19-7-3-1-4-8-19)23-16-28-12-11-18(23)13-21(28)15-29-14-20(26-27-29)17-31-22-9-5-2-6-10-22/h1-10,14,18,21,23H,11-13,15-17H2,(H,25,30)/t18-,21-,23+/m1/s1. The van der Waals surface area contributed by atoms with Crippen LogP contribution < -0.4 is 10.1 Å². The van der Waals surface area contributed by atoms with Gasteiger partial charge in [0.2, 0.25) is 5.91 Å². The van der Waals surface area contributed by atoms with Crippen molar-refractivity contribution in [2.45, 2.75) is 32.0 Å². The normalized spacial score (nSPS) is 24.6. The Morgan fingerprint density at radius 1 is 1.10 bits per heavy atom. The molecule has 0 spiro atoms. The summed E-state index contributed by atoms with van der Waals surface area (Å²) in [6, 6.07) is 19.8. The summed E-state index contributed by atoms with van der Waals surface area (Å²) in [6.07, 6.45) is 4.06. The highest BCUT2D eigenvalue weighted by Gasteiger charge is 2.43. The van der Waals surface area contributed by atoms with Crippen LogP contribution in [0, 0.1) is 11.8 Å². The molecule has 1 amide bonds. The number of carbonyl (C=O) groups excluding carboxylic acids is 1. The average Bonchev–Trinajstić information content (AvgIpc) is 3.27. The number of anilines is 1. The zero-order valence-electron chi connectivity index (χ0n) is 17.4. The number of ether oxygens (including phenoxy) is 1. The molecule has 2 bridgehead atoms. The second-order valence-electron chi connectivity index (χ2n) is 8.43. The second kappa shape index (κ2) is 8.89. The lowest BCUT2D eigenvalue weighted by atomic mass is 9.75. The number of para-hydroxylation sites is 2. The van der Waals surface area contributed by atoms with Crippen LogP contribution in [0.3, 0.4) is 0 Å². The van der Waals surface area contributed by atoms with Gasteiger partial charge in [0.25, 0.3) is 0 Å². The third kappa shape index (κ3) is 4.61. The number of nitrogens with one attached hydrogen (secondary N) is 1. The topological polar surface area (TPSA) is 72.3 Å². The molecule has 2 aromatic carbocycles. The summed E-state index contributed by atoms with van der Waals surface area (Å²) in [5.41, 5.74) is 1.69. The monoisotopic (exact) mass is 417 g/mol. The summed E-state index contributed by atoms with van der Waals surface area (Å²) in [5.74, 6) is 1.44. The Morgan fingerprint density at radius 3 is 2.61 bits per heavy atom. The number of nitrogens with zero attached hydrogens (tertiary/aromatic N) is 4. The summed E-state index contributed by atoms with van der Waals surface area (Å²) >= 11 is 0. The Morgan fingerprint density at radius 2 is 1.87 bits per heavy atom. The maximum absolute atomic E-state index is 12.8. The third-order valence-electron chi connectivity index (χ3n) is 6.37. The average molecular weight is 418 g/mol. The van der Waals surface area contributed by atoms with E-state index >= 15 is 0 Å². The predicted molar refractivity (Wildman–Crippen MR) is 117 cm³/mol. The summed E-state index contributed by atoms with van der Waals surface area (Å²) in [7, 11) is 0. The molecule has 7 heteroatoms. The molecule has 6 rings (SSSR count). The van der Waals surface area contributed by atoms with Crippen LogP contribution in [-0.2, 0) is 17.9 Å². The highest BCUT2D eigenvalue weighted by Crippen LogP contribution is 2.37. The molecule has 3 aliphatic rings. The van der Waals surface area contributed by atoms with E-state index < -0.39 is 0 Å². The zero-order chi connectivity index (χ0) is 21.0. The van der Waals surface area contributed by atoms with Crippen molar-refractivity contribution in [3.8, 4) is 5.75 Å². The summed E-state index contributed by atoms with van der Waals surface area (Å²) in [6.45, 7) is 3.06. The molecule has 3 aromatic rings. The molecule has 31 heavy (non-hydrogen) atoms. The van der Waals surface area contributed by atoms with Crippen LogP contribution in [0.1, 0.15) is 18.5 Å². The van der Waals surface area contributed by atoms with Crippen molar-refractivity contribution in [3.63, 3.8) is 0 Å². The molecule has 0 aliphatic carbocycles. The van der Waals surface area contributed by atoms with Gasteiger partial charge in [-0.2, -0.15) is 0 Å². The van der Waals surface area contributed by atoms with E-state index in [1.165, 1.54) is 0 Å². The van der Waals surface area contributed by atoms with Crippen molar-refractivity contribution in [2.75, 3.05) is 18.4 Å². The highest BCUT2D eigenvalue weighted by molar-refractivity contribution is 5.93. The molecular weight excluding hydrogens is 390 g/mol. The maximum atomic E-state index is 12.8. The quantitative estimate of drug-likeness (QED) is 0.639. The van der Waals surface area contributed by atoms with Crippen LogP contribution in [0.15, 0.2) is 66.9 Å². The van der Waals surface area contributed by atoms with Gasteiger partial charge >= 0.3 is 0 Å². The van der Waals surface area contributed by atoms with E-state index in [1.807, 2.05) is 71.5 Å². The Bertz CT molecular complexity index is 1010. The van der Waals surface area contributed by atoms with E-state index in [9.17, 15) is 4.79 Å². The van der Waals surface area contributed by atoms with Gasteiger partial charge in [0.1, 0.15) is 18.1 Å². The van der Waals surface area contributed by atoms with Gasteiger partial charge in [0, 0.05) is 18.3 Å². The fourth-order valence-electron chi connectivity index (χ4n) is 4.77. The van der Waals surface area contributed by atoms with Crippen LogP contribution in [0.2, 0.25) is 0 Å². The van der Waals surface area contributed by atoms with Crippen LogP contribution in [0.25, 0.3) is 0 Å². The predicted octanol–water partition coefficient (Wildman–Crippen LogP) is 3.21. The molecule has 3 fully saturated rings. The van der Waals surface area contributed by atoms with Gasteiger partial charge in [-0.25, -0.2) is 0 Å². The van der Waals surface area contributed by atoms with Gasteiger partial charge in [-0.3, -0.25) is 14.4 Å². The lowest BCUT2D eigenvalue weighted by molar-refractivity contribution is -0.127. The molecule has 4 atom stereocenters. The SMILES string of the molecule is O=C(Nc1ccccc1)[C@H]1CN2CC[C@@H]1C[C@@H]2Cn1cc(COc2ccccc2)nn1. The molecule has 0 radical (unpaired) electrons. The second-order valence-corrected chi connectivity index (χ2v) is 8.43. The van der Waals surface area contributed by atoms with Gasteiger partial charge in [-0.1, -0.05) is 41.6 Å². The van der Waals surface area contributed by atoms with Crippen LogP contribution in [-0.4, -0.2) is 44.9 Å². The smallest absolute Gasteiger partial charge is 0.229 e. The van der Waals surface area contributed by atoms with Crippen LogP contribution in [0.5, 0.6) is 5.75 Å². The first kappa shape index (κ1) is 19.8. The van der Waals surface area contributed by atoms with Crippen molar-refractivity contribution in [2.24, 2.45) is 11.8 Å². The molecule has 1 unspecified atom stereocenters. The minimum absolute atomic E-state index is 0.0517. The minimum Gasteiger partial charge on any atom is -0.487 e. The van der Waals surface area contributed by atoms with E-state index in [1.54, 1.807) is 0 Å². The lowest BCUT2D eigenvalue weighted by Crippen LogP contribution is -2.57. The van der Waals surface area contributed by atoms with Crippen molar-refractivity contribution >= 4 is 11.6 Å². The minimum atomic E-state index is 0.0517. The Hall–Kier alpha value is -3.19. The number of aromatic nitrogens is 3. The first-order valence-electron chi connectivity index (χ1n) is 10.9. The number of piperidine rings is 3. The first-order valence-corrected chi connectivity index (χ1v) is 10.9. The number of fused-ring (bicyclic) bond motifs is 3. The molecule has 4 heterocycles. The fourth-order valence-corrected chi connectivity index (χ4v) is 4.77. The van der Waals surface area contributed by atoms with Gasteiger partial charge < -0.3 is 10.1 Å². The van der Waals surface area contributed by atoms with E-state index in [2.05, 4.69) is 20.5 Å². The number of carbonyl (C=O) groups is 1. The molecule has 3 aliphatic heterocycles. The molecule has 7 nitrogen and oxygen atoms in total. The van der Waals surface area contributed by atoms with E-state index in [-0.39, 0.29) is 11.8 Å². The molecule has 3 saturated heterocycles. The molecule has 1 N–H and O–H groups in total. The van der Waals surface area contributed by atoms with Crippen molar-refractivity contribution in [1.82, 2.24) is 19.9 Å². The molecule has 160 valence electrons. The number of benzene rings is 2. The molecule has 1 aromatic heterocycles. The van der Waals surface area contributed by atoms with Gasteiger partial charge in [0.05, 0.1) is 18.7 Å². The lowest BCUT2D eigenvalue weighted by Gasteiger charge is -2.49. The number of hydrogen-bond donors (Lipinski definition) is 1.